The molecule has 0 aliphatic rings. The smallest absolute Gasteiger partial charge is 0.0645 e. The summed E-state index contributed by atoms with van der Waals surface area (Å²) >= 11 is 0. The lowest BCUT2D eigenvalue weighted by molar-refractivity contribution is 0.0102. The molecule has 4 nitrogen and oxygen atoms in total. The van der Waals surface area contributed by atoms with Crippen molar-refractivity contribution in [1.29, 1.82) is 0 Å². The number of hydrogen-bond acceptors (Lipinski definition) is 4. The summed E-state index contributed by atoms with van der Waals surface area (Å²) in [4.78, 5) is 0. The number of ether oxygens (including phenoxy) is 1. The normalized spacial score (nSPS) is 13.2. The number of aliphatic hydroxyl groups excluding tert-OH is 2. The van der Waals surface area contributed by atoms with Gasteiger partial charge in [-0.05, 0) is 33.2 Å². The highest BCUT2D eigenvalue weighted by Crippen LogP contribution is 2.14. The minimum absolute atomic E-state index is 0.0482. The number of nitrogens with one attached hydrogen (secondary N) is 1. The fourth-order valence-corrected chi connectivity index (χ4v) is 1.24. The van der Waals surface area contributed by atoms with E-state index in [1.807, 2.05) is 20.8 Å². The molecule has 0 aliphatic heterocycles. The zero-order chi connectivity index (χ0) is 11.9. The molecule has 0 atom stereocenters. The molecular weight excluding hydrogens is 194 g/mol. The molecule has 0 heterocycles. The third-order valence-electron chi connectivity index (χ3n) is 3.06. The number of hydrogen-bond donors (Lipinski definition) is 3. The summed E-state index contributed by atoms with van der Waals surface area (Å²) in [6.45, 7) is 6.60. The van der Waals surface area contributed by atoms with Crippen LogP contribution in [-0.4, -0.2) is 48.2 Å². The van der Waals surface area contributed by atoms with Crippen LogP contribution in [0.4, 0.5) is 0 Å². The number of methoxy groups -OCH3 is 1. The van der Waals surface area contributed by atoms with Gasteiger partial charge in [0.25, 0.3) is 0 Å². The lowest BCUT2D eigenvalue weighted by Crippen LogP contribution is -2.52. The predicted octanol–water partition coefficient (Wildman–Crippen LogP) is 0.524. The second-order valence-electron chi connectivity index (χ2n) is 4.59. The molecule has 92 valence electrons. The molecule has 0 spiro atoms. The molecule has 0 fully saturated rings. The maximum Gasteiger partial charge on any atom is 0.0645 e. The third-order valence-corrected chi connectivity index (χ3v) is 3.06. The van der Waals surface area contributed by atoms with Crippen molar-refractivity contribution < 1.29 is 14.9 Å². The summed E-state index contributed by atoms with van der Waals surface area (Å²) in [6, 6.07) is 0. The molecule has 0 aliphatic carbocycles. The Labute approximate surface area is 92.6 Å². The van der Waals surface area contributed by atoms with Gasteiger partial charge in [-0.1, -0.05) is 6.92 Å². The van der Waals surface area contributed by atoms with Gasteiger partial charge in [0.2, 0.25) is 0 Å². The van der Waals surface area contributed by atoms with Crippen LogP contribution >= 0.6 is 0 Å². The van der Waals surface area contributed by atoms with Crippen LogP contribution in [0.1, 0.15) is 33.6 Å². The van der Waals surface area contributed by atoms with Crippen molar-refractivity contribution in [3.05, 3.63) is 0 Å². The summed E-state index contributed by atoms with van der Waals surface area (Å²) in [5.41, 5.74) is -0.721. The SMILES string of the molecule is CCC(CO)(CO)NCCC(C)(C)OC. The van der Waals surface area contributed by atoms with Gasteiger partial charge in [0.15, 0.2) is 0 Å². The van der Waals surface area contributed by atoms with Crippen LogP contribution in [0, 0.1) is 0 Å². The summed E-state index contributed by atoms with van der Waals surface area (Å²) in [5.74, 6) is 0. The van der Waals surface area contributed by atoms with E-state index in [2.05, 4.69) is 5.32 Å². The van der Waals surface area contributed by atoms with Crippen LogP contribution in [0.2, 0.25) is 0 Å². The highest BCUT2D eigenvalue weighted by atomic mass is 16.5. The van der Waals surface area contributed by atoms with E-state index in [1.54, 1.807) is 7.11 Å². The van der Waals surface area contributed by atoms with E-state index in [-0.39, 0.29) is 18.8 Å². The Bertz CT molecular complexity index is 159. The monoisotopic (exact) mass is 219 g/mol. The molecule has 15 heavy (non-hydrogen) atoms. The molecule has 0 aromatic carbocycles. The summed E-state index contributed by atoms with van der Waals surface area (Å²) in [5, 5.41) is 21.6. The molecule has 0 saturated carbocycles. The van der Waals surface area contributed by atoms with Crippen LogP contribution in [0.25, 0.3) is 0 Å². The molecule has 0 aromatic rings. The molecule has 0 amide bonds. The molecule has 0 unspecified atom stereocenters. The minimum Gasteiger partial charge on any atom is -0.394 e. The minimum atomic E-state index is -0.552. The first kappa shape index (κ1) is 14.8. The largest absolute Gasteiger partial charge is 0.394 e. The van der Waals surface area contributed by atoms with Gasteiger partial charge in [-0.25, -0.2) is 0 Å². The first-order valence-corrected chi connectivity index (χ1v) is 5.47. The quantitative estimate of drug-likeness (QED) is 0.557. The van der Waals surface area contributed by atoms with Gasteiger partial charge >= 0.3 is 0 Å². The Morgan fingerprint density at radius 2 is 1.73 bits per heavy atom. The average molecular weight is 219 g/mol. The molecule has 0 saturated heterocycles. The highest BCUT2D eigenvalue weighted by Gasteiger charge is 2.26. The maximum atomic E-state index is 9.21. The standard InChI is InChI=1S/C11H25NO3/c1-5-11(8-13,9-14)12-7-6-10(2,3)15-4/h12-14H,5-9H2,1-4H3. The van der Waals surface area contributed by atoms with Crippen molar-refractivity contribution in [3.8, 4) is 0 Å². The van der Waals surface area contributed by atoms with E-state index in [4.69, 9.17) is 4.74 Å². The van der Waals surface area contributed by atoms with Crippen LogP contribution in [0.5, 0.6) is 0 Å². The molecule has 3 N–H and O–H groups in total. The van der Waals surface area contributed by atoms with Crippen LogP contribution in [0.3, 0.4) is 0 Å². The number of rotatable bonds is 8. The molecule has 4 heteroatoms. The van der Waals surface area contributed by atoms with Crippen LogP contribution < -0.4 is 5.32 Å². The Balaban J connectivity index is 4.02. The van der Waals surface area contributed by atoms with Crippen molar-refractivity contribution in [2.45, 2.75) is 44.8 Å². The van der Waals surface area contributed by atoms with E-state index in [0.29, 0.717) is 6.42 Å². The van der Waals surface area contributed by atoms with Crippen molar-refractivity contribution in [3.63, 3.8) is 0 Å². The average Bonchev–Trinajstić information content (AvgIpc) is 2.25. The van der Waals surface area contributed by atoms with Crippen molar-refractivity contribution >= 4 is 0 Å². The van der Waals surface area contributed by atoms with E-state index < -0.39 is 5.54 Å². The Morgan fingerprint density at radius 1 is 1.20 bits per heavy atom. The van der Waals surface area contributed by atoms with Gasteiger partial charge in [0, 0.05) is 7.11 Å². The summed E-state index contributed by atoms with van der Waals surface area (Å²) in [6.07, 6.45) is 1.54. The van der Waals surface area contributed by atoms with Gasteiger partial charge in [0.05, 0.1) is 24.4 Å². The van der Waals surface area contributed by atoms with E-state index in [1.165, 1.54) is 0 Å². The zero-order valence-corrected chi connectivity index (χ0v) is 10.3. The lowest BCUT2D eigenvalue weighted by Gasteiger charge is -2.32. The molecular formula is C11H25NO3. The fraction of sp³-hybridized carbons (Fsp3) is 1.00. The fourth-order valence-electron chi connectivity index (χ4n) is 1.24. The summed E-state index contributed by atoms with van der Waals surface area (Å²) < 4.78 is 5.29. The van der Waals surface area contributed by atoms with Crippen LogP contribution in [-0.2, 0) is 4.74 Å². The third kappa shape index (κ3) is 4.93. The van der Waals surface area contributed by atoms with Gasteiger partial charge in [-0.15, -0.1) is 0 Å². The second kappa shape index (κ2) is 6.43. The molecule has 0 aromatic heterocycles. The second-order valence-corrected chi connectivity index (χ2v) is 4.59. The Kier molecular flexibility index (Phi) is 6.36. The first-order chi connectivity index (χ1) is 6.95. The molecule has 0 radical (unpaired) electrons. The zero-order valence-electron chi connectivity index (χ0n) is 10.3. The summed E-state index contributed by atoms with van der Waals surface area (Å²) in [7, 11) is 1.69. The maximum absolute atomic E-state index is 9.21. The molecule has 0 rings (SSSR count). The van der Waals surface area contributed by atoms with E-state index >= 15 is 0 Å². The Hall–Kier alpha value is -0.160. The number of aliphatic hydroxyl groups is 2. The Morgan fingerprint density at radius 3 is 2.07 bits per heavy atom. The van der Waals surface area contributed by atoms with Crippen molar-refractivity contribution in [2.24, 2.45) is 0 Å². The van der Waals surface area contributed by atoms with Crippen LogP contribution in [0.15, 0.2) is 0 Å². The highest BCUT2D eigenvalue weighted by molar-refractivity contribution is 4.86. The topological polar surface area (TPSA) is 61.7 Å². The molecule has 0 bridgehead atoms. The van der Waals surface area contributed by atoms with Gasteiger partial charge in [0.1, 0.15) is 0 Å². The first-order valence-electron chi connectivity index (χ1n) is 5.47. The van der Waals surface area contributed by atoms with E-state index in [0.717, 1.165) is 13.0 Å². The predicted molar refractivity (Wildman–Crippen MR) is 60.9 cm³/mol. The van der Waals surface area contributed by atoms with Gasteiger partial charge in [-0.2, -0.15) is 0 Å². The van der Waals surface area contributed by atoms with Crippen molar-refractivity contribution in [1.82, 2.24) is 5.32 Å². The van der Waals surface area contributed by atoms with E-state index in [9.17, 15) is 10.2 Å². The van der Waals surface area contributed by atoms with Crippen molar-refractivity contribution in [2.75, 3.05) is 26.9 Å². The van der Waals surface area contributed by atoms with Gasteiger partial charge in [-0.3, -0.25) is 0 Å². The lowest BCUT2D eigenvalue weighted by atomic mass is 9.97. The van der Waals surface area contributed by atoms with Gasteiger partial charge < -0.3 is 20.3 Å².